The first-order valence-corrected chi connectivity index (χ1v) is 4.30. The Morgan fingerprint density at radius 1 is 1.45 bits per heavy atom. The van der Waals surface area contributed by atoms with E-state index in [0.717, 1.165) is 0 Å². The van der Waals surface area contributed by atoms with Gasteiger partial charge in [0.15, 0.2) is 0 Å². The lowest BCUT2D eigenvalue weighted by molar-refractivity contribution is 0.613. The molecule has 0 bridgehead atoms. The Balaban J connectivity index is 3.00. The van der Waals surface area contributed by atoms with Gasteiger partial charge < -0.3 is 0 Å². The molecule has 0 aliphatic heterocycles. The minimum absolute atomic E-state index is 0.244. The highest BCUT2D eigenvalue weighted by molar-refractivity contribution is 7.80. The summed E-state index contributed by atoms with van der Waals surface area (Å²) in [5, 5.41) is 0.485. The summed E-state index contributed by atoms with van der Waals surface area (Å²) in [5.41, 5.74) is 0.559. The molecule has 0 aromatic heterocycles. The van der Waals surface area contributed by atoms with Crippen LogP contribution < -0.4 is 0 Å². The van der Waals surface area contributed by atoms with Crippen molar-refractivity contribution in [3.8, 4) is 0 Å². The van der Waals surface area contributed by atoms with Crippen LogP contribution in [0.4, 0.5) is 4.39 Å². The third-order valence-corrected chi connectivity index (χ3v) is 2.00. The van der Waals surface area contributed by atoms with Gasteiger partial charge >= 0.3 is 0 Å². The fourth-order valence-corrected chi connectivity index (χ4v) is 1.36. The zero-order valence-corrected chi connectivity index (χ0v) is 7.50. The van der Waals surface area contributed by atoms with E-state index in [0.29, 0.717) is 22.8 Å². The normalized spacial score (nSPS) is 10.1. The van der Waals surface area contributed by atoms with Crippen LogP contribution in [0.25, 0.3) is 0 Å². The standard InChI is InChI=1S/C8H8ClFS/c9-7-2-1-3-8(10)6(7)4-5-11/h1-3,11H,4-5H2. The second kappa shape index (κ2) is 3.98. The van der Waals surface area contributed by atoms with Gasteiger partial charge in [-0.05, 0) is 24.3 Å². The predicted octanol–water partition coefficient (Wildman–Crippen LogP) is 2.95. The molecular weight excluding hydrogens is 183 g/mol. The van der Waals surface area contributed by atoms with Crippen LogP contribution in [0.3, 0.4) is 0 Å². The monoisotopic (exact) mass is 190 g/mol. The Bertz CT molecular complexity index is 230. The third kappa shape index (κ3) is 2.11. The Morgan fingerprint density at radius 2 is 2.18 bits per heavy atom. The Labute approximate surface area is 75.8 Å². The highest BCUT2D eigenvalue weighted by Gasteiger charge is 2.04. The zero-order valence-electron chi connectivity index (χ0n) is 5.85. The molecule has 0 radical (unpaired) electrons. The molecule has 1 aromatic rings. The van der Waals surface area contributed by atoms with Crippen molar-refractivity contribution >= 4 is 24.2 Å². The van der Waals surface area contributed by atoms with Gasteiger partial charge in [-0.1, -0.05) is 17.7 Å². The molecule has 0 nitrogen and oxygen atoms in total. The topological polar surface area (TPSA) is 0 Å². The van der Waals surface area contributed by atoms with Crippen molar-refractivity contribution in [1.29, 1.82) is 0 Å². The van der Waals surface area contributed by atoms with Crippen molar-refractivity contribution < 1.29 is 4.39 Å². The zero-order chi connectivity index (χ0) is 8.27. The fraction of sp³-hybridized carbons (Fsp3) is 0.250. The van der Waals surface area contributed by atoms with Crippen LogP contribution in [0.1, 0.15) is 5.56 Å². The van der Waals surface area contributed by atoms with Gasteiger partial charge in [0.05, 0.1) is 0 Å². The highest BCUT2D eigenvalue weighted by Crippen LogP contribution is 2.19. The molecule has 1 aromatic carbocycles. The van der Waals surface area contributed by atoms with Gasteiger partial charge in [-0.2, -0.15) is 12.6 Å². The molecule has 0 unspecified atom stereocenters. The Morgan fingerprint density at radius 3 is 2.73 bits per heavy atom. The van der Waals surface area contributed by atoms with E-state index in [2.05, 4.69) is 12.6 Å². The van der Waals surface area contributed by atoms with Crippen LogP contribution in [0.5, 0.6) is 0 Å². The number of halogens is 2. The van der Waals surface area contributed by atoms with Gasteiger partial charge in [0, 0.05) is 10.6 Å². The Kier molecular flexibility index (Phi) is 3.21. The maximum Gasteiger partial charge on any atom is 0.127 e. The number of thiol groups is 1. The van der Waals surface area contributed by atoms with Crippen molar-refractivity contribution in [2.75, 3.05) is 5.75 Å². The van der Waals surface area contributed by atoms with Crippen LogP contribution in [0.15, 0.2) is 18.2 Å². The molecule has 0 saturated carbocycles. The summed E-state index contributed by atoms with van der Waals surface area (Å²) >= 11 is 9.74. The molecule has 0 spiro atoms. The number of benzene rings is 1. The first kappa shape index (κ1) is 8.88. The molecule has 0 saturated heterocycles. The molecule has 0 N–H and O–H groups in total. The van der Waals surface area contributed by atoms with Crippen molar-refractivity contribution in [3.05, 3.63) is 34.6 Å². The molecule has 11 heavy (non-hydrogen) atoms. The van der Waals surface area contributed by atoms with Crippen LogP contribution in [-0.4, -0.2) is 5.75 Å². The molecule has 0 fully saturated rings. The summed E-state index contributed by atoms with van der Waals surface area (Å²) in [7, 11) is 0. The van der Waals surface area contributed by atoms with Crippen molar-refractivity contribution in [2.45, 2.75) is 6.42 Å². The van der Waals surface area contributed by atoms with Crippen molar-refractivity contribution in [1.82, 2.24) is 0 Å². The minimum atomic E-state index is -0.244. The third-order valence-electron chi connectivity index (χ3n) is 1.42. The van der Waals surface area contributed by atoms with E-state index in [9.17, 15) is 4.39 Å². The molecule has 0 heterocycles. The average molecular weight is 191 g/mol. The molecule has 0 amide bonds. The molecule has 0 aliphatic rings. The number of hydrogen-bond donors (Lipinski definition) is 1. The Hall–Kier alpha value is -0.210. The lowest BCUT2D eigenvalue weighted by Gasteiger charge is -2.01. The van der Waals surface area contributed by atoms with E-state index in [1.54, 1.807) is 12.1 Å². The fourth-order valence-electron chi connectivity index (χ4n) is 0.883. The highest BCUT2D eigenvalue weighted by atomic mass is 35.5. The second-order valence-corrected chi connectivity index (χ2v) is 3.03. The van der Waals surface area contributed by atoms with E-state index in [-0.39, 0.29) is 5.82 Å². The summed E-state index contributed by atoms with van der Waals surface area (Å²) in [6.45, 7) is 0. The van der Waals surface area contributed by atoms with Crippen molar-refractivity contribution in [2.24, 2.45) is 0 Å². The minimum Gasteiger partial charge on any atom is -0.207 e. The number of rotatable bonds is 2. The average Bonchev–Trinajstić information content (AvgIpc) is 1.97. The van der Waals surface area contributed by atoms with Crippen LogP contribution >= 0.6 is 24.2 Å². The van der Waals surface area contributed by atoms with E-state index < -0.39 is 0 Å². The molecule has 0 atom stereocenters. The molecule has 1 rings (SSSR count). The summed E-state index contributed by atoms with van der Waals surface area (Å²) in [5.74, 6) is 0.368. The van der Waals surface area contributed by atoms with Gasteiger partial charge in [-0.15, -0.1) is 0 Å². The first-order valence-electron chi connectivity index (χ1n) is 3.29. The van der Waals surface area contributed by atoms with E-state index in [4.69, 9.17) is 11.6 Å². The summed E-state index contributed by atoms with van der Waals surface area (Å²) in [6.07, 6.45) is 0.578. The smallest absolute Gasteiger partial charge is 0.127 e. The van der Waals surface area contributed by atoms with Gasteiger partial charge in [-0.3, -0.25) is 0 Å². The maximum absolute atomic E-state index is 12.9. The van der Waals surface area contributed by atoms with Crippen LogP contribution in [0, 0.1) is 5.82 Å². The van der Waals surface area contributed by atoms with Gasteiger partial charge in [-0.25, -0.2) is 4.39 Å². The molecule has 60 valence electrons. The summed E-state index contributed by atoms with van der Waals surface area (Å²) in [4.78, 5) is 0. The van der Waals surface area contributed by atoms with E-state index in [1.165, 1.54) is 6.07 Å². The van der Waals surface area contributed by atoms with E-state index in [1.807, 2.05) is 0 Å². The summed E-state index contributed by atoms with van der Waals surface area (Å²) in [6, 6.07) is 4.69. The van der Waals surface area contributed by atoms with Crippen molar-refractivity contribution in [3.63, 3.8) is 0 Å². The number of hydrogen-bond acceptors (Lipinski definition) is 1. The maximum atomic E-state index is 12.9. The summed E-state index contributed by atoms with van der Waals surface area (Å²) < 4.78 is 12.9. The molecule has 0 aliphatic carbocycles. The largest absolute Gasteiger partial charge is 0.207 e. The molecular formula is C8H8ClFS. The van der Waals surface area contributed by atoms with Gasteiger partial charge in [0.1, 0.15) is 5.82 Å². The first-order chi connectivity index (χ1) is 5.25. The van der Waals surface area contributed by atoms with E-state index >= 15 is 0 Å². The predicted molar refractivity (Wildman–Crippen MR) is 49.0 cm³/mol. The van der Waals surface area contributed by atoms with Crippen LogP contribution in [0.2, 0.25) is 5.02 Å². The lowest BCUT2D eigenvalue weighted by Crippen LogP contribution is -1.92. The van der Waals surface area contributed by atoms with Crippen LogP contribution in [-0.2, 0) is 6.42 Å². The van der Waals surface area contributed by atoms with Gasteiger partial charge in [0.2, 0.25) is 0 Å². The van der Waals surface area contributed by atoms with Gasteiger partial charge in [0.25, 0.3) is 0 Å². The second-order valence-electron chi connectivity index (χ2n) is 2.17. The lowest BCUT2D eigenvalue weighted by atomic mass is 10.1. The SMILES string of the molecule is Fc1cccc(Cl)c1CCS. The molecule has 3 heteroatoms. The quantitative estimate of drug-likeness (QED) is 0.682.